The Morgan fingerprint density at radius 2 is 1.67 bits per heavy atom. The molecule has 1 fully saturated rings. The zero-order chi connectivity index (χ0) is 19.7. The molecule has 0 spiro atoms. The number of carbonyl (C=O) groups excluding carboxylic acids is 2. The molecule has 1 aliphatic heterocycles. The Morgan fingerprint density at radius 3 is 2.26 bits per heavy atom. The van der Waals surface area contributed by atoms with E-state index in [1.807, 2.05) is 23.6 Å². The van der Waals surface area contributed by atoms with E-state index in [0.717, 1.165) is 16.5 Å². The van der Waals surface area contributed by atoms with E-state index in [4.69, 9.17) is 4.42 Å². The summed E-state index contributed by atoms with van der Waals surface area (Å²) in [6, 6.07) is 4.23. The quantitative estimate of drug-likeness (QED) is 0.824. The maximum absolute atomic E-state index is 12.8. The summed E-state index contributed by atoms with van der Waals surface area (Å²) in [6.45, 7) is 12.7. The van der Waals surface area contributed by atoms with E-state index in [0.29, 0.717) is 38.5 Å². The minimum absolute atomic E-state index is 0.00292. The normalized spacial score (nSPS) is 15.2. The maximum atomic E-state index is 12.8. The van der Waals surface area contributed by atoms with Crippen molar-refractivity contribution in [3.05, 3.63) is 35.1 Å². The van der Waals surface area contributed by atoms with Crippen LogP contribution in [-0.4, -0.2) is 47.8 Å². The molecular weight excluding hydrogens is 340 g/mol. The average molecular weight is 370 g/mol. The number of nitrogens with zero attached hydrogens (tertiary/aromatic N) is 2. The highest BCUT2D eigenvalue weighted by atomic mass is 16.3. The van der Waals surface area contributed by atoms with Crippen LogP contribution < -0.4 is 0 Å². The third-order valence-electron chi connectivity index (χ3n) is 5.44. The number of rotatable bonds is 4. The van der Waals surface area contributed by atoms with Crippen LogP contribution in [0.15, 0.2) is 22.8 Å². The smallest absolute Gasteiger partial charge is 0.227 e. The highest BCUT2D eigenvalue weighted by Crippen LogP contribution is 2.29. The number of aryl methyl sites for hydroxylation is 1. The zero-order valence-corrected chi connectivity index (χ0v) is 17.0. The summed E-state index contributed by atoms with van der Waals surface area (Å²) in [6.07, 6.45) is 2.05. The fraction of sp³-hybridized carbons (Fsp3) is 0.545. The number of amides is 2. The fourth-order valence-electron chi connectivity index (χ4n) is 3.82. The van der Waals surface area contributed by atoms with E-state index in [9.17, 15) is 9.59 Å². The van der Waals surface area contributed by atoms with Crippen molar-refractivity contribution in [2.75, 3.05) is 26.2 Å². The number of piperazine rings is 1. The molecule has 3 rings (SSSR count). The Morgan fingerprint density at radius 1 is 1.04 bits per heavy atom. The van der Waals surface area contributed by atoms with E-state index in [1.165, 1.54) is 11.1 Å². The molecule has 2 aromatic rings. The lowest BCUT2D eigenvalue weighted by Crippen LogP contribution is -2.51. The van der Waals surface area contributed by atoms with Crippen LogP contribution >= 0.6 is 0 Å². The van der Waals surface area contributed by atoms with Crippen LogP contribution in [0.4, 0.5) is 0 Å². The molecule has 2 heterocycles. The minimum atomic E-state index is 0.00292. The molecular formula is C22H30N2O3. The topological polar surface area (TPSA) is 53.8 Å². The molecule has 146 valence electrons. The molecule has 1 aromatic carbocycles. The first-order chi connectivity index (χ1) is 12.8. The number of benzene rings is 1. The van der Waals surface area contributed by atoms with Gasteiger partial charge in [0.25, 0.3) is 0 Å². The molecule has 0 saturated carbocycles. The van der Waals surface area contributed by atoms with Gasteiger partial charge >= 0.3 is 0 Å². The van der Waals surface area contributed by atoms with Gasteiger partial charge in [-0.05, 0) is 36.1 Å². The van der Waals surface area contributed by atoms with Gasteiger partial charge in [0.2, 0.25) is 11.8 Å². The first-order valence-corrected chi connectivity index (χ1v) is 9.85. The second kappa shape index (κ2) is 7.75. The summed E-state index contributed by atoms with van der Waals surface area (Å²) < 4.78 is 5.70. The van der Waals surface area contributed by atoms with E-state index in [2.05, 4.69) is 32.9 Å². The fourth-order valence-corrected chi connectivity index (χ4v) is 3.82. The van der Waals surface area contributed by atoms with Crippen LogP contribution in [0.3, 0.4) is 0 Å². The van der Waals surface area contributed by atoms with Gasteiger partial charge in [-0.25, -0.2) is 0 Å². The van der Waals surface area contributed by atoms with Crippen molar-refractivity contribution >= 4 is 22.8 Å². The molecule has 1 saturated heterocycles. The van der Waals surface area contributed by atoms with Crippen molar-refractivity contribution in [2.45, 2.75) is 47.0 Å². The molecule has 1 aliphatic rings. The lowest BCUT2D eigenvalue weighted by molar-refractivity contribution is -0.141. The van der Waals surface area contributed by atoms with Gasteiger partial charge in [-0.15, -0.1) is 0 Å². The van der Waals surface area contributed by atoms with Crippen molar-refractivity contribution in [1.82, 2.24) is 9.80 Å². The van der Waals surface area contributed by atoms with Crippen molar-refractivity contribution in [3.63, 3.8) is 0 Å². The number of hydrogen-bond acceptors (Lipinski definition) is 3. The SMILES string of the molecule is Cc1cc2occ(CC(=O)N3CCN(C(=O)C(C)C)CC3)c2cc1C(C)C. The predicted octanol–water partition coefficient (Wildman–Crippen LogP) is 3.73. The first kappa shape index (κ1) is 19.5. The van der Waals surface area contributed by atoms with Crippen LogP contribution in [0.5, 0.6) is 0 Å². The molecule has 0 unspecified atom stereocenters. The monoisotopic (exact) mass is 370 g/mol. The largest absolute Gasteiger partial charge is 0.464 e. The number of hydrogen-bond donors (Lipinski definition) is 0. The van der Waals surface area contributed by atoms with Gasteiger partial charge in [0.05, 0.1) is 12.7 Å². The van der Waals surface area contributed by atoms with Gasteiger partial charge in [-0.1, -0.05) is 27.7 Å². The molecule has 0 aliphatic carbocycles. The lowest BCUT2D eigenvalue weighted by Gasteiger charge is -2.35. The number of fused-ring (bicyclic) bond motifs is 1. The zero-order valence-electron chi connectivity index (χ0n) is 17.0. The highest BCUT2D eigenvalue weighted by Gasteiger charge is 2.26. The Balaban J connectivity index is 1.70. The van der Waals surface area contributed by atoms with Gasteiger partial charge in [0.15, 0.2) is 0 Å². The molecule has 5 nitrogen and oxygen atoms in total. The molecule has 0 N–H and O–H groups in total. The van der Waals surface area contributed by atoms with Crippen molar-refractivity contribution in [3.8, 4) is 0 Å². The molecule has 0 atom stereocenters. The van der Waals surface area contributed by atoms with Crippen molar-refractivity contribution in [1.29, 1.82) is 0 Å². The number of carbonyl (C=O) groups is 2. The van der Waals surface area contributed by atoms with Gasteiger partial charge in [-0.2, -0.15) is 0 Å². The summed E-state index contributed by atoms with van der Waals surface area (Å²) in [5.74, 6) is 0.697. The Hall–Kier alpha value is -2.30. The van der Waals surface area contributed by atoms with Crippen LogP contribution in [0.2, 0.25) is 0 Å². The Labute approximate surface area is 161 Å². The summed E-state index contributed by atoms with van der Waals surface area (Å²) in [5, 5.41) is 1.03. The number of furan rings is 1. The minimum Gasteiger partial charge on any atom is -0.464 e. The molecule has 5 heteroatoms. The molecule has 0 bridgehead atoms. The summed E-state index contributed by atoms with van der Waals surface area (Å²) in [4.78, 5) is 28.6. The van der Waals surface area contributed by atoms with Gasteiger partial charge in [0, 0.05) is 43.0 Å². The van der Waals surface area contributed by atoms with Crippen LogP contribution in [0, 0.1) is 12.8 Å². The summed E-state index contributed by atoms with van der Waals surface area (Å²) in [7, 11) is 0. The third kappa shape index (κ3) is 4.02. The van der Waals surface area contributed by atoms with Crippen LogP contribution in [0.25, 0.3) is 11.0 Å². The first-order valence-electron chi connectivity index (χ1n) is 9.85. The second-order valence-electron chi connectivity index (χ2n) is 8.16. The maximum Gasteiger partial charge on any atom is 0.227 e. The Bertz CT molecular complexity index is 843. The summed E-state index contributed by atoms with van der Waals surface area (Å²) >= 11 is 0. The standard InChI is InChI=1S/C22H30N2O3/c1-14(2)18-12-19-17(13-27-20(19)10-16(18)5)11-21(25)23-6-8-24(9-7-23)22(26)15(3)4/h10,12-15H,6-9,11H2,1-5H3. The summed E-state index contributed by atoms with van der Waals surface area (Å²) in [5.41, 5.74) is 4.29. The second-order valence-corrected chi connectivity index (χ2v) is 8.16. The lowest BCUT2D eigenvalue weighted by atomic mass is 9.95. The van der Waals surface area contributed by atoms with Crippen molar-refractivity contribution < 1.29 is 14.0 Å². The third-order valence-corrected chi connectivity index (χ3v) is 5.44. The van der Waals surface area contributed by atoms with Gasteiger partial charge in [0.1, 0.15) is 5.58 Å². The van der Waals surface area contributed by atoms with Crippen molar-refractivity contribution in [2.24, 2.45) is 5.92 Å². The molecule has 27 heavy (non-hydrogen) atoms. The molecule has 1 aromatic heterocycles. The van der Waals surface area contributed by atoms with Crippen LogP contribution in [0.1, 0.15) is 50.3 Å². The highest BCUT2D eigenvalue weighted by molar-refractivity contribution is 5.89. The van der Waals surface area contributed by atoms with Gasteiger partial charge in [-0.3, -0.25) is 9.59 Å². The van der Waals surface area contributed by atoms with Crippen LogP contribution in [-0.2, 0) is 16.0 Å². The predicted molar refractivity (Wildman–Crippen MR) is 107 cm³/mol. The van der Waals surface area contributed by atoms with Gasteiger partial charge < -0.3 is 14.2 Å². The van der Waals surface area contributed by atoms with E-state index >= 15 is 0 Å². The molecule has 2 amide bonds. The van der Waals surface area contributed by atoms with E-state index in [-0.39, 0.29) is 17.7 Å². The average Bonchev–Trinajstić information content (AvgIpc) is 3.01. The molecule has 0 radical (unpaired) electrons. The van der Waals surface area contributed by atoms with E-state index in [1.54, 1.807) is 6.26 Å². The Kier molecular flexibility index (Phi) is 5.59. The van der Waals surface area contributed by atoms with E-state index < -0.39 is 0 Å².